The summed E-state index contributed by atoms with van der Waals surface area (Å²) in [4.78, 5) is 33.9. The summed E-state index contributed by atoms with van der Waals surface area (Å²) in [7, 11) is 0. The number of thioether (sulfide) groups is 1. The van der Waals surface area contributed by atoms with Crippen molar-refractivity contribution in [3.05, 3.63) is 107 Å². The number of amides is 1. The molecule has 1 heterocycles. The number of aliphatic carboxylic acids is 1. The number of nitrogens with zero attached hydrogens (tertiary/aromatic N) is 2. The Morgan fingerprint density at radius 3 is 2.64 bits per heavy atom. The van der Waals surface area contributed by atoms with Crippen LogP contribution in [0.1, 0.15) is 52.9 Å². The molecule has 1 unspecified atom stereocenters. The number of hydrogen-bond acceptors (Lipinski definition) is 6. The molecule has 1 aromatic heterocycles. The van der Waals surface area contributed by atoms with Gasteiger partial charge in [-0.05, 0) is 73.9 Å². The van der Waals surface area contributed by atoms with Crippen LogP contribution in [0.3, 0.4) is 0 Å². The number of hydrogen-bond donors (Lipinski definition) is 2. The molecule has 39 heavy (non-hydrogen) atoms. The minimum absolute atomic E-state index is 0.0550. The lowest BCUT2D eigenvalue weighted by Crippen LogP contribution is -2.41. The number of benzene rings is 2. The first-order valence-corrected chi connectivity index (χ1v) is 14.4. The fraction of sp³-hybridized carbons (Fsp3) is 0.290. The number of carbonyl (C=O) groups excluding carboxylic acids is 1. The quantitative estimate of drug-likeness (QED) is 0.290. The van der Waals surface area contributed by atoms with Crippen molar-refractivity contribution in [1.29, 1.82) is 0 Å². The van der Waals surface area contributed by atoms with Crippen molar-refractivity contribution in [2.24, 2.45) is 0 Å². The Kier molecular flexibility index (Phi) is 9.91. The van der Waals surface area contributed by atoms with Crippen LogP contribution in [-0.2, 0) is 17.6 Å². The van der Waals surface area contributed by atoms with E-state index in [0.29, 0.717) is 35.8 Å². The lowest BCUT2D eigenvalue weighted by atomic mass is 9.82. The van der Waals surface area contributed by atoms with E-state index in [2.05, 4.69) is 40.4 Å². The van der Waals surface area contributed by atoms with Gasteiger partial charge in [0.1, 0.15) is 11.8 Å². The maximum Gasteiger partial charge on any atom is 0.326 e. The van der Waals surface area contributed by atoms with Gasteiger partial charge in [0.2, 0.25) is 5.88 Å². The van der Waals surface area contributed by atoms with E-state index in [1.165, 1.54) is 5.57 Å². The average molecular weight is 544 g/mol. The van der Waals surface area contributed by atoms with Gasteiger partial charge in [0, 0.05) is 11.5 Å². The SMILES string of the molecule is CSCC[C@H](NC(=O)c1ccc(CCc2cnc(Oc3ccccc3)cn2)cc1C1CC=CC=C1C)C(=O)O. The molecule has 2 aromatic carbocycles. The van der Waals surface area contributed by atoms with Crippen LogP contribution in [0.25, 0.3) is 0 Å². The number of aromatic nitrogens is 2. The molecule has 8 heteroatoms. The Bertz CT molecular complexity index is 1340. The number of nitrogens with one attached hydrogen (secondary N) is 1. The van der Waals surface area contributed by atoms with E-state index in [0.717, 1.165) is 29.7 Å². The third kappa shape index (κ3) is 7.80. The summed E-state index contributed by atoms with van der Waals surface area (Å²) < 4.78 is 5.73. The zero-order valence-electron chi connectivity index (χ0n) is 22.2. The maximum atomic E-state index is 13.3. The summed E-state index contributed by atoms with van der Waals surface area (Å²) >= 11 is 1.56. The molecule has 7 nitrogen and oxygen atoms in total. The van der Waals surface area contributed by atoms with Gasteiger partial charge < -0.3 is 15.2 Å². The van der Waals surface area contributed by atoms with Crippen LogP contribution in [-0.4, -0.2) is 45.0 Å². The largest absolute Gasteiger partial charge is 0.480 e. The summed E-state index contributed by atoms with van der Waals surface area (Å²) in [6, 6.07) is 14.4. The second-order valence-corrected chi connectivity index (χ2v) is 10.4. The van der Waals surface area contributed by atoms with E-state index >= 15 is 0 Å². The van der Waals surface area contributed by atoms with E-state index in [9.17, 15) is 14.7 Å². The molecule has 2 atom stereocenters. The molecule has 0 fully saturated rings. The molecule has 0 aliphatic heterocycles. The van der Waals surface area contributed by atoms with E-state index < -0.39 is 12.0 Å². The molecule has 0 radical (unpaired) electrons. The van der Waals surface area contributed by atoms with Gasteiger partial charge in [0.25, 0.3) is 5.91 Å². The highest BCUT2D eigenvalue weighted by Gasteiger charge is 2.25. The molecule has 1 amide bonds. The fourth-order valence-corrected chi connectivity index (χ4v) is 4.98. The molecular weight excluding hydrogens is 510 g/mol. The van der Waals surface area contributed by atoms with Crippen LogP contribution in [0, 0.1) is 0 Å². The normalized spacial score (nSPS) is 15.3. The van der Waals surface area contributed by atoms with E-state index in [1.54, 1.807) is 24.2 Å². The number of aryl methyl sites for hydroxylation is 2. The standard InChI is InChI=1S/C31H33N3O4S/c1-21-8-6-7-11-25(21)27-18-22(13-15-26(27)30(35)34-28(31(36)37)16-17-39-2)12-14-23-19-33-29(20-32-23)38-24-9-4-3-5-10-24/h3-10,13,15,18-20,25,28H,11-12,14,16-17H2,1-2H3,(H,34,35)(H,36,37)/t25?,28-/m0/s1. The number of ether oxygens (including phenoxy) is 1. The summed E-state index contributed by atoms with van der Waals surface area (Å²) in [5, 5.41) is 12.4. The highest BCUT2D eigenvalue weighted by atomic mass is 32.2. The maximum absolute atomic E-state index is 13.3. The molecule has 202 valence electrons. The van der Waals surface area contributed by atoms with Crippen molar-refractivity contribution >= 4 is 23.6 Å². The Hall–Kier alpha value is -3.91. The molecule has 0 saturated carbocycles. The highest BCUT2D eigenvalue weighted by Crippen LogP contribution is 2.34. The van der Waals surface area contributed by atoms with Crippen LogP contribution in [0.5, 0.6) is 11.6 Å². The smallest absolute Gasteiger partial charge is 0.326 e. The zero-order chi connectivity index (χ0) is 27.6. The van der Waals surface area contributed by atoms with E-state index in [4.69, 9.17) is 4.74 Å². The monoisotopic (exact) mass is 543 g/mol. The zero-order valence-corrected chi connectivity index (χ0v) is 23.0. The van der Waals surface area contributed by atoms with Crippen molar-refractivity contribution in [2.75, 3.05) is 12.0 Å². The second-order valence-electron chi connectivity index (χ2n) is 9.46. The molecular formula is C31H33N3O4S. The number of carboxylic acids is 1. The van der Waals surface area contributed by atoms with Gasteiger partial charge in [0.05, 0.1) is 18.1 Å². The average Bonchev–Trinajstić information content (AvgIpc) is 2.95. The van der Waals surface area contributed by atoms with Crippen LogP contribution in [0.4, 0.5) is 0 Å². The number of allylic oxidation sites excluding steroid dienone is 4. The third-order valence-electron chi connectivity index (χ3n) is 6.68. The lowest BCUT2D eigenvalue weighted by Gasteiger charge is -2.24. The van der Waals surface area contributed by atoms with E-state index in [-0.39, 0.29) is 11.8 Å². The van der Waals surface area contributed by atoms with Crippen molar-refractivity contribution in [2.45, 2.75) is 44.6 Å². The molecule has 3 aromatic rings. The summed E-state index contributed by atoms with van der Waals surface area (Å²) in [5.74, 6) is 0.477. The van der Waals surface area contributed by atoms with Gasteiger partial charge in [0.15, 0.2) is 0 Å². The Balaban J connectivity index is 1.50. The van der Waals surface area contributed by atoms with Crippen LogP contribution < -0.4 is 10.1 Å². The molecule has 0 bridgehead atoms. The molecule has 2 N–H and O–H groups in total. The van der Waals surface area contributed by atoms with Crippen molar-refractivity contribution < 1.29 is 19.4 Å². The van der Waals surface area contributed by atoms with Gasteiger partial charge in [-0.2, -0.15) is 11.8 Å². The van der Waals surface area contributed by atoms with Crippen molar-refractivity contribution in [3.63, 3.8) is 0 Å². The molecule has 1 aliphatic rings. The summed E-state index contributed by atoms with van der Waals surface area (Å²) in [6.07, 6.45) is 14.0. The minimum Gasteiger partial charge on any atom is -0.480 e. The fourth-order valence-electron chi connectivity index (χ4n) is 4.51. The summed E-state index contributed by atoms with van der Waals surface area (Å²) in [6.45, 7) is 2.07. The van der Waals surface area contributed by atoms with Gasteiger partial charge >= 0.3 is 5.97 Å². The van der Waals surface area contributed by atoms with Gasteiger partial charge in [-0.15, -0.1) is 0 Å². The minimum atomic E-state index is -1.02. The van der Waals surface area contributed by atoms with Crippen LogP contribution in [0.15, 0.2) is 84.7 Å². The van der Waals surface area contributed by atoms with Crippen LogP contribution in [0.2, 0.25) is 0 Å². The first-order valence-electron chi connectivity index (χ1n) is 13.0. The predicted molar refractivity (Wildman–Crippen MR) is 155 cm³/mol. The summed E-state index contributed by atoms with van der Waals surface area (Å²) in [5.41, 5.74) is 4.51. The highest BCUT2D eigenvalue weighted by molar-refractivity contribution is 7.98. The predicted octanol–water partition coefficient (Wildman–Crippen LogP) is 5.98. The Labute approximate surface area is 233 Å². The Morgan fingerprint density at radius 1 is 1.13 bits per heavy atom. The Morgan fingerprint density at radius 2 is 1.95 bits per heavy atom. The first-order chi connectivity index (χ1) is 18.9. The molecule has 1 aliphatic carbocycles. The first kappa shape index (κ1) is 28.1. The van der Waals surface area contributed by atoms with Gasteiger partial charge in [-0.25, -0.2) is 9.78 Å². The van der Waals surface area contributed by atoms with Crippen LogP contribution >= 0.6 is 11.8 Å². The molecule has 4 rings (SSSR count). The van der Waals surface area contributed by atoms with Gasteiger partial charge in [-0.3, -0.25) is 9.78 Å². The van der Waals surface area contributed by atoms with Gasteiger partial charge in [-0.1, -0.05) is 54.1 Å². The van der Waals surface area contributed by atoms with Crippen molar-refractivity contribution in [3.8, 4) is 11.6 Å². The number of rotatable bonds is 12. The lowest BCUT2D eigenvalue weighted by molar-refractivity contribution is -0.139. The second kappa shape index (κ2) is 13.8. The number of carboxylic acid groups (broad SMARTS) is 1. The number of carbonyl (C=O) groups is 2. The third-order valence-corrected chi connectivity index (χ3v) is 7.33. The van der Waals surface area contributed by atoms with Crippen molar-refractivity contribution in [1.82, 2.24) is 15.3 Å². The molecule has 0 saturated heterocycles. The molecule has 0 spiro atoms. The number of para-hydroxylation sites is 1. The van der Waals surface area contributed by atoms with E-state index in [1.807, 2.05) is 54.8 Å². The topological polar surface area (TPSA) is 101 Å².